The van der Waals surface area contributed by atoms with Crippen molar-refractivity contribution in [2.45, 2.75) is 31.0 Å². The predicted octanol–water partition coefficient (Wildman–Crippen LogP) is 1.02. The van der Waals surface area contributed by atoms with Gasteiger partial charge in [0.15, 0.2) is 0 Å². The summed E-state index contributed by atoms with van der Waals surface area (Å²) in [5.74, 6) is 0.0609. The van der Waals surface area contributed by atoms with Crippen LogP contribution in [0.15, 0.2) is 0 Å². The topological polar surface area (TPSA) is 38.8 Å². The van der Waals surface area contributed by atoms with Crippen molar-refractivity contribution >= 4 is 17.5 Å². The van der Waals surface area contributed by atoms with Crippen LogP contribution in [0.4, 0.5) is 0 Å². The Bertz CT molecular complexity index is 274. The van der Waals surface area contributed by atoms with Gasteiger partial charge in [0.1, 0.15) is 5.88 Å². The van der Waals surface area contributed by atoms with Crippen molar-refractivity contribution in [2.75, 3.05) is 32.7 Å². The van der Waals surface area contributed by atoms with Crippen molar-refractivity contribution in [3.63, 3.8) is 0 Å². The molecule has 0 bridgehead atoms. The lowest BCUT2D eigenvalue weighted by molar-refractivity contribution is -0.135. The smallest absolute Gasteiger partial charge is 0.237 e. The van der Waals surface area contributed by atoms with Crippen molar-refractivity contribution < 1.29 is 14.3 Å². The third-order valence-corrected chi connectivity index (χ3v) is 3.79. The standard InChI is InChI=1S/C11H18ClNO3/c1-15-9-2-5-16-11(6-9)3-4-13(8-11)10(14)7-12/h9H,2-8H2,1H3/t9-,11-/m0/s1. The largest absolute Gasteiger partial charge is 0.381 e. The van der Waals surface area contributed by atoms with Gasteiger partial charge in [0.05, 0.1) is 11.7 Å². The first kappa shape index (κ1) is 12.1. The highest BCUT2D eigenvalue weighted by Crippen LogP contribution is 2.35. The molecule has 2 aliphatic heterocycles. The molecule has 92 valence electrons. The van der Waals surface area contributed by atoms with E-state index in [2.05, 4.69) is 0 Å². The number of carbonyl (C=O) groups excluding carboxylic acids is 1. The van der Waals surface area contributed by atoms with Crippen molar-refractivity contribution in [1.82, 2.24) is 4.90 Å². The molecular formula is C11H18ClNO3. The lowest BCUT2D eigenvalue weighted by Crippen LogP contribution is -2.45. The number of nitrogens with zero attached hydrogens (tertiary/aromatic N) is 1. The van der Waals surface area contributed by atoms with Gasteiger partial charge < -0.3 is 14.4 Å². The van der Waals surface area contributed by atoms with Crippen molar-refractivity contribution in [2.24, 2.45) is 0 Å². The van der Waals surface area contributed by atoms with Gasteiger partial charge >= 0.3 is 0 Å². The third kappa shape index (κ3) is 2.34. The summed E-state index contributed by atoms with van der Waals surface area (Å²) in [4.78, 5) is 13.3. The second kappa shape index (κ2) is 4.90. The van der Waals surface area contributed by atoms with Gasteiger partial charge in [-0.25, -0.2) is 0 Å². The van der Waals surface area contributed by atoms with Crippen LogP contribution in [0.2, 0.25) is 0 Å². The minimum absolute atomic E-state index is 0.00156. The van der Waals surface area contributed by atoms with Crippen LogP contribution in [0.25, 0.3) is 0 Å². The fourth-order valence-corrected chi connectivity index (χ4v) is 2.78. The molecular weight excluding hydrogens is 230 g/mol. The molecule has 0 saturated carbocycles. The molecule has 1 spiro atoms. The van der Waals surface area contributed by atoms with E-state index in [1.807, 2.05) is 0 Å². The van der Waals surface area contributed by atoms with Crippen LogP contribution >= 0.6 is 11.6 Å². The molecule has 4 nitrogen and oxygen atoms in total. The average molecular weight is 248 g/mol. The molecule has 0 N–H and O–H groups in total. The van der Waals surface area contributed by atoms with E-state index in [4.69, 9.17) is 21.1 Å². The normalized spacial score (nSPS) is 34.6. The highest BCUT2D eigenvalue weighted by atomic mass is 35.5. The fourth-order valence-electron chi connectivity index (χ4n) is 2.61. The van der Waals surface area contributed by atoms with Gasteiger partial charge in [-0.15, -0.1) is 11.6 Å². The van der Waals surface area contributed by atoms with Crippen molar-refractivity contribution in [1.29, 1.82) is 0 Å². The molecule has 2 heterocycles. The Morgan fingerprint density at radius 1 is 1.69 bits per heavy atom. The van der Waals surface area contributed by atoms with E-state index in [0.717, 1.165) is 32.4 Å². The van der Waals surface area contributed by atoms with E-state index in [1.54, 1.807) is 12.0 Å². The lowest BCUT2D eigenvalue weighted by atomic mass is 9.91. The van der Waals surface area contributed by atoms with Crippen LogP contribution in [0.3, 0.4) is 0 Å². The van der Waals surface area contributed by atoms with E-state index in [9.17, 15) is 4.79 Å². The molecule has 2 rings (SSSR count). The third-order valence-electron chi connectivity index (χ3n) is 3.56. The highest BCUT2D eigenvalue weighted by Gasteiger charge is 2.44. The van der Waals surface area contributed by atoms with Gasteiger partial charge in [-0.1, -0.05) is 0 Å². The summed E-state index contributed by atoms with van der Waals surface area (Å²) in [5, 5.41) is 0. The number of amides is 1. The van der Waals surface area contributed by atoms with Crippen molar-refractivity contribution in [3.8, 4) is 0 Å². The summed E-state index contributed by atoms with van der Waals surface area (Å²) in [6.07, 6.45) is 2.99. The number of hydrogen-bond donors (Lipinski definition) is 0. The second-order valence-corrected chi connectivity index (χ2v) is 4.85. The molecule has 0 aromatic carbocycles. The minimum Gasteiger partial charge on any atom is -0.381 e. The van der Waals surface area contributed by atoms with E-state index in [0.29, 0.717) is 6.54 Å². The Hall–Kier alpha value is -0.320. The number of methoxy groups -OCH3 is 1. The summed E-state index contributed by atoms with van der Waals surface area (Å²) in [6.45, 7) is 2.14. The Labute approximate surface area is 101 Å². The molecule has 5 heteroatoms. The Morgan fingerprint density at radius 2 is 2.50 bits per heavy atom. The van der Waals surface area contributed by atoms with Gasteiger partial charge in [0.2, 0.25) is 5.91 Å². The van der Waals surface area contributed by atoms with Crippen LogP contribution in [0.1, 0.15) is 19.3 Å². The Balaban J connectivity index is 1.97. The molecule has 2 saturated heterocycles. The van der Waals surface area contributed by atoms with Crippen LogP contribution in [-0.2, 0) is 14.3 Å². The maximum absolute atomic E-state index is 11.5. The maximum Gasteiger partial charge on any atom is 0.237 e. The average Bonchev–Trinajstić information content (AvgIpc) is 2.72. The first-order valence-electron chi connectivity index (χ1n) is 5.69. The molecule has 0 aromatic rings. The maximum atomic E-state index is 11.5. The summed E-state index contributed by atoms with van der Waals surface area (Å²) in [6, 6.07) is 0. The fraction of sp³-hybridized carbons (Fsp3) is 0.909. The molecule has 0 radical (unpaired) electrons. The Kier molecular flexibility index (Phi) is 3.72. The van der Waals surface area contributed by atoms with Crippen LogP contribution < -0.4 is 0 Å². The first-order valence-corrected chi connectivity index (χ1v) is 6.23. The first-order chi connectivity index (χ1) is 7.69. The van der Waals surface area contributed by atoms with E-state index < -0.39 is 0 Å². The monoisotopic (exact) mass is 247 g/mol. The highest BCUT2D eigenvalue weighted by molar-refractivity contribution is 6.27. The van der Waals surface area contributed by atoms with Gasteiger partial charge in [0, 0.05) is 33.2 Å². The zero-order valence-electron chi connectivity index (χ0n) is 9.58. The molecule has 2 atom stereocenters. The van der Waals surface area contributed by atoms with Gasteiger partial charge in [-0.3, -0.25) is 4.79 Å². The van der Waals surface area contributed by atoms with Crippen molar-refractivity contribution in [3.05, 3.63) is 0 Å². The van der Waals surface area contributed by atoms with Crippen LogP contribution in [0, 0.1) is 0 Å². The number of rotatable bonds is 2. The SMILES string of the molecule is CO[C@H]1CCO[C@@]2(CCN(C(=O)CCl)C2)C1. The van der Waals surface area contributed by atoms with Gasteiger partial charge in [0.25, 0.3) is 0 Å². The number of halogens is 1. The summed E-state index contributed by atoms with van der Waals surface area (Å²) >= 11 is 5.56. The van der Waals surface area contributed by atoms with E-state index in [-0.39, 0.29) is 23.5 Å². The molecule has 16 heavy (non-hydrogen) atoms. The minimum atomic E-state index is -0.180. The van der Waals surface area contributed by atoms with Gasteiger partial charge in [-0.2, -0.15) is 0 Å². The number of carbonyl (C=O) groups is 1. The molecule has 0 aliphatic carbocycles. The quantitative estimate of drug-likeness (QED) is 0.684. The molecule has 1 amide bonds. The molecule has 2 aliphatic rings. The second-order valence-electron chi connectivity index (χ2n) is 4.58. The number of alkyl halides is 1. The predicted molar refractivity (Wildman–Crippen MR) is 60.6 cm³/mol. The number of ether oxygens (including phenoxy) is 2. The van der Waals surface area contributed by atoms with E-state index >= 15 is 0 Å². The molecule has 0 aromatic heterocycles. The van der Waals surface area contributed by atoms with Crippen LogP contribution in [0.5, 0.6) is 0 Å². The summed E-state index contributed by atoms with van der Waals surface area (Å²) in [5.41, 5.74) is -0.180. The summed E-state index contributed by atoms with van der Waals surface area (Å²) < 4.78 is 11.3. The summed E-state index contributed by atoms with van der Waals surface area (Å²) in [7, 11) is 1.74. The Morgan fingerprint density at radius 3 is 3.19 bits per heavy atom. The zero-order chi connectivity index (χ0) is 11.6. The van der Waals surface area contributed by atoms with E-state index in [1.165, 1.54) is 0 Å². The number of likely N-dealkylation sites (tertiary alicyclic amines) is 1. The molecule has 2 fully saturated rings. The van der Waals surface area contributed by atoms with Crippen LogP contribution in [-0.4, -0.2) is 55.2 Å². The molecule has 0 unspecified atom stereocenters. The number of hydrogen-bond acceptors (Lipinski definition) is 3. The van der Waals surface area contributed by atoms with Gasteiger partial charge in [-0.05, 0) is 12.8 Å². The lowest BCUT2D eigenvalue weighted by Gasteiger charge is -2.37. The zero-order valence-corrected chi connectivity index (χ0v) is 10.3.